The van der Waals surface area contributed by atoms with Gasteiger partial charge in [-0.1, -0.05) is 36.4 Å². The first-order valence-corrected chi connectivity index (χ1v) is 9.10. The zero-order valence-electron chi connectivity index (χ0n) is 16.9. The molecule has 0 heterocycles. The number of methoxy groups -OCH3 is 1. The van der Waals surface area contributed by atoms with Gasteiger partial charge in [-0.2, -0.15) is 8.78 Å². The predicted molar refractivity (Wildman–Crippen MR) is 107 cm³/mol. The summed E-state index contributed by atoms with van der Waals surface area (Å²) in [5.41, 5.74) is 1.46. The summed E-state index contributed by atoms with van der Waals surface area (Å²) in [5.74, 6) is -1.07. The van der Waals surface area contributed by atoms with Crippen LogP contribution in [0.25, 0.3) is 6.08 Å². The van der Waals surface area contributed by atoms with Crippen LogP contribution in [0.2, 0.25) is 0 Å². The first-order chi connectivity index (χ1) is 14.3. The summed E-state index contributed by atoms with van der Waals surface area (Å²) < 4.78 is 39.3. The molecule has 0 aliphatic carbocycles. The van der Waals surface area contributed by atoms with Gasteiger partial charge < -0.3 is 19.1 Å². The number of ether oxygens (including phenoxy) is 3. The molecule has 1 atom stereocenters. The summed E-state index contributed by atoms with van der Waals surface area (Å²) in [6, 6.07) is 13.7. The number of benzene rings is 2. The number of carbonyl (C=O) groups is 2. The number of likely N-dealkylation sites (N-methyl/N-ethyl adjacent to an activating group) is 1. The SMILES string of the molecule is COc1cc(/C=C\C(=O)O[C@H](C)C(=O)N(C)Cc2ccccc2)ccc1OC(F)F. The molecule has 0 fully saturated rings. The molecule has 0 radical (unpaired) electrons. The zero-order valence-corrected chi connectivity index (χ0v) is 16.9. The molecule has 0 unspecified atom stereocenters. The molecule has 30 heavy (non-hydrogen) atoms. The van der Waals surface area contributed by atoms with Crippen LogP contribution in [-0.4, -0.2) is 43.6 Å². The van der Waals surface area contributed by atoms with Gasteiger partial charge in [-0.15, -0.1) is 0 Å². The molecule has 1 amide bonds. The normalized spacial score (nSPS) is 11.9. The number of amides is 1. The van der Waals surface area contributed by atoms with Gasteiger partial charge in [-0.05, 0) is 36.3 Å². The highest BCUT2D eigenvalue weighted by atomic mass is 19.3. The van der Waals surface area contributed by atoms with E-state index >= 15 is 0 Å². The van der Waals surface area contributed by atoms with Crippen molar-refractivity contribution in [1.29, 1.82) is 0 Å². The van der Waals surface area contributed by atoms with Gasteiger partial charge >= 0.3 is 12.6 Å². The summed E-state index contributed by atoms with van der Waals surface area (Å²) in [4.78, 5) is 25.9. The molecule has 0 aliphatic rings. The van der Waals surface area contributed by atoms with Crippen molar-refractivity contribution < 1.29 is 32.6 Å². The number of esters is 1. The Balaban J connectivity index is 1.94. The van der Waals surface area contributed by atoms with Crippen LogP contribution < -0.4 is 9.47 Å². The second kappa shape index (κ2) is 10.9. The Bertz CT molecular complexity index is 886. The first-order valence-electron chi connectivity index (χ1n) is 9.10. The van der Waals surface area contributed by atoms with Gasteiger partial charge in [0.1, 0.15) is 0 Å². The third kappa shape index (κ3) is 6.88. The maximum absolute atomic E-state index is 12.4. The predicted octanol–water partition coefficient (Wildman–Crippen LogP) is 3.90. The highest BCUT2D eigenvalue weighted by molar-refractivity contribution is 5.90. The molecule has 2 aromatic carbocycles. The number of carbonyl (C=O) groups excluding carboxylic acids is 2. The van der Waals surface area contributed by atoms with Crippen molar-refractivity contribution in [2.45, 2.75) is 26.2 Å². The van der Waals surface area contributed by atoms with Gasteiger partial charge in [0.05, 0.1) is 7.11 Å². The van der Waals surface area contributed by atoms with Gasteiger partial charge in [-0.3, -0.25) is 4.79 Å². The lowest BCUT2D eigenvalue weighted by Crippen LogP contribution is -2.36. The van der Waals surface area contributed by atoms with E-state index in [1.807, 2.05) is 30.3 Å². The molecule has 0 saturated carbocycles. The van der Waals surface area contributed by atoms with E-state index in [0.717, 1.165) is 11.6 Å². The summed E-state index contributed by atoms with van der Waals surface area (Å²) in [6.45, 7) is -1.09. The first kappa shape index (κ1) is 22.9. The molecule has 0 N–H and O–H groups in total. The van der Waals surface area contributed by atoms with Gasteiger partial charge in [0, 0.05) is 19.7 Å². The molecular weight excluding hydrogens is 396 g/mol. The van der Waals surface area contributed by atoms with Crippen LogP contribution in [0.15, 0.2) is 54.6 Å². The minimum Gasteiger partial charge on any atom is -0.493 e. The fourth-order valence-electron chi connectivity index (χ4n) is 2.65. The van der Waals surface area contributed by atoms with Crippen molar-refractivity contribution in [3.05, 3.63) is 65.7 Å². The van der Waals surface area contributed by atoms with Crippen LogP contribution in [-0.2, 0) is 20.9 Å². The molecule has 2 aromatic rings. The van der Waals surface area contributed by atoms with E-state index in [2.05, 4.69) is 4.74 Å². The number of alkyl halides is 2. The van der Waals surface area contributed by atoms with Gasteiger partial charge in [0.15, 0.2) is 17.6 Å². The van der Waals surface area contributed by atoms with Crippen molar-refractivity contribution in [2.24, 2.45) is 0 Å². The molecular formula is C22H23F2NO5. The lowest BCUT2D eigenvalue weighted by molar-refractivity contribution is -0.154. The van der Waals surface area contributed by atoms with Gasteiger partial charge in [0.2, 0.25) is 0 Å². The van der Waals surface area contributed by atoms with Crippen LogP contribution in [0.3, 0.4) is 0 Å². The maximum Gasteiger partial charge on any atom is 0.387 e. The lowest BCUT2D eigenvalue weighted by atomic mass is 10.2. The largest absolute Gasteiger partial charge is 0.493 e. The van der Waals surface area contributed by atoms with E-state index in [0.29, 0.717) is 12.1 Å². The number of hydrogen-bond donors (Lipinski definition) is 0. The Morgan fingerprint density at radius 3 is 2.43 bits per heavy atom. The Kier molecular flexibility index (Phi) is 8.34. The fourth-order valence-corrected chi connectivity index (χ4v) is 2.65. The molecule has 0 bridgehead atoms. The Hall–Kier alpha value is -3.42. The minimum absolute atomic E-state index is 0.0944. The van der Waals surface area contributed by atoms with E-state index in [1.54, 1.807) is 7.05 Å². The smallest absolute Gasteiger partial charge is 0.387 e. The molecule has 0 saturated heterocycles. The zero-order chi connectivity index (χ0) is 22.1. The van der Waals surface area contributed by atoms with E-state index in [-0.39, 0.29) is 17.4 Å². The van der Waals surface area contributed by atoms with E-state index in [4.69, 9.17) is 9.47 Å². The number of halogens is 2. The van der Waals surface area contributed by atoms with E-state index in [9.17, 15) is 18.4 Å². The molecule has 6 nitrogen and oxygen atoms in total. The Morgan fingerprint density at radius 1 is 1.10 bits per heavy atom. The summed E-state index contributed by atoms with van der Waals surface area (Å²) in [5, 5.41) is 0. The molecule has 8 heteroatoms. The average Bonchev–Trinajstić information content (AvgIpc) is 2.72. The summed E-state index contributed by atoms with van der Waals surface area (Å²) >= 11 is 0. The van der Waals surface area contributed by atoms with Crippen molar-refractivity contribution in [3.63, 3.8) is 0 Å². The highest BCUT2D eigenvalue weighted by Gasteiger charge is 2.20. The third-order valence-electron chi connectivity index (χ3n) is 4.10. The van der Waals surface area contributed by atoms with Crippen molar-refractivity contribution in [2.75, 3.05) is 14.2 Å². The standard InChI is InChI=1S/C22H23F2NO5/c1-15(21(27)25(2)14-17-7-5-4-6-8-17)29-20(26)12-10-16-9-11-18(30-22(23)24)19(13-16)28-3/h4-13,15,22H,14H2,1-3H3/b12-10-/t15-/m1/s1. The molecule has 0 aromatic heterocycles. The Labute approximate surface area is 173 Å². The third-order valence-corrected chi connectivity index (χ3v) is 4.10. The minimum atomic E-state index is -2.98. The van der Waals surface area contributed by atoms with Crippen LogP contribution >= 0.6 is 0 Å². The highest BCUT2D eigenvalue weighted by Crippen LogP contribution is 2.29. The summed E-state index contributed by atoms with van der Waals surface area (Å²) in [7, 11) is 2.94. The topological polar surface area (TPSA) is 65.1 Å². The summed E-state index contributed by atoms with van der Waals surface area (Å²) in [6.07, 6.45) is 1.60. The number of nitrogens with zero attached hydrogens (tertiary/aromatic N) is 1. The monoisotopic (exact) mass is 419 g/mol. The van der Waals surface area contributed by atoms with Crippen LogP contribution in [0.1, 0.15) is 18.1 Å². The van der Waals surface area contributed by atoms with Crippen LogP contribution in [0.5, 0.6) is 11.5 Å². The number of rotatable bonds is 9. The van der Waals surface area contributed by atoms with Gasteiger partial charge in [-0.25, -0.2) is 4.79 Å². The quantitative estimate of drug-likeness (QED) is 0.456. The van der Waals surface area contributed by atoms with Crippen molar-refractivity contribution in [1.82, 2.24) is 4.90 Å². The molecule has 160 valence electrons. The second-order valence-electron chi connectivity index (χ2n) is 6.38. The van der Waals surface area contributed by atoms with Crippen LogP contribution in [0, 0.1) is 0 Å². The molecule has 2 rings (SSSR count). The van der Waals surface area contributed by atoms with Gasteiger partial charge in [0.25, 0.3) is 5.91 Å². The van der Waals surface area contributed by atoms with Crippen LogP contribution in [0.4, 0.5) is 8.78 Å². The van der Waals surface area contributed by atoms with Crippen molar-refractivity contribution >= 4 is 18.0 Å². The molecule has 0 spiro atoms. The second-order valence-corrected chi connectivity index (χ2v) is 6.38. The lowest BCUT2D eigenvalue weighted by Gasteiger charge is -2.21. The molecule has 0 aliphatic heterocycles. The fraction of sp³-hybridized carbons (Fsp3) is 0.273. The average molecular weight is 419 g/mol. The van der Waals surface area contributed by atoms with E-state index < -0.39 is 18.7 Å². The van der Waals surface area contributed by atoms with E-state index in [1.165, 1.54) is 43.2 Å². The van der Waals surface area contributed by atoms with Crippen molar-refractivity contribution in [3.8, 4) is 11.5 Å². The maximum atomic E-state index is 12.4. The number of hydrogen-bond acceptors (Lipinski definition) is 5. The Morgan fingerprint density at radius 2 is 1.80 bits per heavy atom.